The maximum Gasteiger partial charge on any atom is 0.246 e. The molecule has 1 unspecified atom stereocenters. The van der Waals surface area contributed by atoms with Gasteiger partial charge in [-0.3, -0.25) is 4.79 Å². The number of anilines is 1. The Hall–Kier alpha value is -1.30. The Balaban J connectivity index is 0.00000220. The van der Waals surface area contributed by atoms with Crippen LogP contribution in [0, 0.1) is 0 Å². The number of ether oxygens (including phenoxy) is 2. The van der Waals surface area contributed by atoms with Gasteiger partial charge in [-0.15, -0.1) is 12.4 Å². The fourth-order valence-electron chi connectivity index (χ4n) is 2.53. The first kappa shape index (κ1) is 17.8. The van der Waals surface area contributed by atoms with Crippen molar-refractivity contribution in [1.29, 1.82) is 0 Å². The number of benzene rings is 1. The van der Waals surface area contributed by atoms with Crippen LogP contribution in [-0.4, -0.2) is 32.8 Å². The first-order valence-corrected chi connectivity index (χ1v) is 6.95. The van der Waals surface area contributed by atoms with Crippen molar-refractivity contribution in [1.82, 2.24) is 5.32 Å². The molecule has 1 aliphatic carbocycles. The number of hydrogen-bond acceptors (Lipinski definition) is 4. The molecule has 3 N–H and O–H groups in total. The molecule has 0 aromatic heterocycles. The van der Waals surface area contributed by atoms with Crippen LogP contribution in [0.5, 0.6) is 0 Å². The molecule has 0 fully saturated rings. The second-order valence-corrected chi connectivity index (χ2v) is 5.02. The number of methoxy groups -OCH3 is 1. The van der Waals surface area contributed by atoms with E-state index in [1.165, 1.54) is 11.1 Å². The minimum absolute atomic E-state index is 0. The Morgan fingerprint density at radius 1 is 1.43 bits per heavy atom. The van der Waals surface area contributed by atoms with Crippen molar-refractivity contribution in [3.63, 3.8) is 0 Å². The number of carbonyl (C=O) groups is 1. The number of halogens is 1. The van der Waals surface area contributed by atoms with Crippen molar-refractivity contribution in [2.24, 2.45) is 0 Å². The molecule has 0 aliphatic heterocycles. The van der Waals surface area contributed by atoms with Crippen LogP contribution >= 0.6 is 12.4 Å². The summed E-state index contributed by atoms with van der Waals surface area (Å²) in [4.78, 5) is 11.8. The van der Waals surface area contributed by atoms with Crippen molar-refractivity contribution in [3.05, 3.63) is 29.3 Å². The average Bonchev–Trinajstić information content (AvgIpc) is 2.43. The van der Waals surface area contributed by atoms with Crippen molar-refractivity contribution in [2.75, 3.05) is 32.7 Å². The molecule has 0 spiro atoms. The average molecular weight is 315 g/mol. The summed E-state index contributed by atoms with van der Waals surface area (Å²) in [6.45, 7) is 1.00. The molecule has 0 heterocycles. The third-order valence-corrected chi connectivity index (χ3v) is 3.48. The smallest absolute Gasteiger partial charge is 0.246 e. The van der Waals surface area contributed by atoms with Gasteiger partial charge in [0.15, 0.2) is 0 Å². The third-order valence-electron chi connectivity index (χ3n) is 3.48. The van der Waals surface area contributed by atoms with E-state index in [4.69, 9.17) is 15.2 Å². The van der Waals surface area contributed by atoms with Crippen LogP contribution in [0.2, 0.25) is 0 Å². The third kappa shape index (κ3) is 5.19. The molecular weight excluding hydrogens is 292 g/mol. The Morgan fingerprint density at radius 2 is 2.24 bits per heavy atom. The Kier molecular flexibility index (Phi) is 7.50. The fraction of sp³-hybridized carbons (Fsp3) is 0.533. The molecule has 1 aromatic rings. The van der Waals surface area contributed by atoms with E-state index in [2.05, 4.69) is 5.32 Å². The maximum atomic E-state index is 11.8. The minimum Gasteiger partial charge on any atom is -0.399 e. The van der Waals surface area contributed by atoms with Crippen LogP contribution < -0.4 is 11.1 Å². The summed E-state index contributed by atoms with van der Waals surface area (Å²) in [6.07, 6.45) is 3.05. The number of aryl methyl sites for hydroxylation is 1. The lowest BCUT2D eigenvalue weighted by molar-refractivity contribution is -0.127. The van der Waals surface area contributed by atoms with Gasteiger partial charge >= 0.3 is 0 Å². The van der Waals surface area contributed by atoms with E-state index >= 15 is 0 Å². The molecule has 0 bridgehead atoms. The van der Waals surface area contributed by atoms with E-state index in [1.807, 2.05) is 18.2 Å². The summed E-state index contributed by atoms with van der Waals surface area (Å²) in [5, 5.41) is 3.03. The highest BCUT2D eigenvalue weighted by atomic mass is 35.5. The van der Waals surface area contributed by atoms with Crippen LogP contribution in [0.1, 0.15) is 30.0 Å². The van der Waals surface area contributed by atoms with Crippen molar-refractivity contribution < 1.29 is 14.3 Å². The minimum atomic E-state index is -0.0872. The molecule has 5 nitrogen and oxygen atoms in total. The SMILES string of the molecule is COCCOCC(=O)NC1CCCc2cc(N)ccc21.Cl. The van der Waals surface area contributed by atoms with Gasteiger partial charge in [0.2, 0.25) is 5.91 Å². The van der Waals surface area contributed by atoms with Gasteiger partial charge in [0.05, 0.1) is 19.3 Å². The van der Waals surface area contributed by atoms with E-state index in [0.717, 1.165) is 24.9 Å². The lowest BCUT2D eigenvalue weighted by atomic mass is 9.87. The largest absolute Gasteiger partial charge is 0.399 e. The van der Waals surface area contributed by atoms with Crippen LogP contribution in [0.25, 0.3) is 0 Å². The van der Waals surface area contributed by atoms with Gasteiger partial charge in [0.25, 0.3) is 0 Å². The van der Waals surface area contributed by atoms with E-state index < -0.39 is 0 Å². The summed E-state index contributed by atoms with van der Waals surface area (Å²) in [5.74, 6) is -0.0872. The summed E-state index contributed by atoms with van der Waals surface area (Å²) >= 11 is 0. The van der Waals surface area contributed by atoms with E-state index in [0.29, 0.717) is 13.2 Å². The number of hydrogen-bond donors (Lipinski definition) is 2. The van der Waals surface area contributed by atoms with Crippen molar-refractivity contribution in [3.8, 4) is 0 Å². The Morgan fingerprint density at radius 3 is 3.00 bits per heavy atom. The number of nitrogens with one attached hydrogen (secondary N) is 1. The predicted octanol–water partition coefficient (Wildman–Crippen LogP) is 1.85. The van der Waals surface area contributed by atoms with Gasteiger partial charge < -0.3 is 20.5 Å². The summed E-state index contributed by atoms with van der Waals surface area (Å²) in [6, 6.07) is 5.97. The zero-order chi connectivity index (χ0) is 14.4. The first-order valence-electron chi connectivity index (χ1n) is 6.95. The molecule has 1 amide bonds. The number of rotatable bonds is 6. The molecule has 1 aliphatic rings. The Labute approximate surface area is 131 Å². The molecule has 0 radical (unpaired) electrons. The zero-order valence-electron chi connectivity index (χ0n) is 12.3. The molecule has 1 atom stereocenters. The summed E-state index contributed by atoms with van der Waals surface area (Å²) < 4.78 is 10.1. The van der Waals surface area contributed by atoms with Gasteiger partial charge in [0, 0.05) is 12.8 Å². The van der Waals surface area contributed by atoms with Crippen LogP contribution in [0.4, 0.5) is 5.69 Å². The van der Waals surface area contributed by atoms with Gasteiger partial charge in [-0.1, -0.05) is 6.07 Å². The molecule has 1 aromatic carbocycles. The molecule has 0 saturated carbocycles. The highest BCUT2D eigenvalue weighted by Crippen LogP contribution is 2.30. The monoisotopic (exact) mass is 314 g/mol. The second kappa shape index (κ2) is 8.87. The van der Waals surface area contributed by atoms with Crippen molar-refractivity contribution in [2.45, 2.75) is 25.3 Å². The predicted molar refractivity (Wildman–Crippen MR) is 84.6 cm³/mol. The van der Waals surface area contributed by atoms with Crippen LogP contribution in [-0.2, 0) is 20.7 Å². The topological polar surface area (TPSA) is 73.6 Å². The molecular formula is C15H23ClN2O3. The van der Waals surface area contributed by atoms with Gasteiger partial charge in [-0.05, 0) is 42.5 Å². The number of nitrogen functional groups attached to an aromatic ring is 1. The van der Waals surface area contributed by atoms with E-state index in [1.54, 1.807) is 7.11 Å². The summed E-state index contributed by atoms with van der Waals surface area (Å²) in [5.41, 5.74) is 8.99. The second-order valence-electron chi connectivity index (χ2n) is 5.02. The van der Waals surface area contributed by atoms with Gasteiger partial charge in [-0.2, -0.15) is 0 Å². The van der Waals surface area contributed by atoms with Crippen molar-refractivity contribution >= 4 is 24.0 Å². The zero-order valence-corrected chi connectivity index (χ0v) is 13.1. The fourth-order valence-corrected chi connectivity index (χ4v) is 2.53. The number of amides is 1. The highest BCUT2D eigenvalue weighted by Gasteiger charge is 2.21. The highest BCUT2D eigenvalue weighted by molar-refractivity contribution is 5.85. The lowest BCUT2D eigenvalue weighted by Crippen LogP contribution is -2.33. The first-order chi connectivity index (χ1) is 9.70. The van der Waals surface area contributed by atoms with Crippen LogP contribution in [0.15, 0.2) is 18.2 Å². The Bertz CT molecular complexity index is 468. The standard InChI is InChI=1S/C15H22N2O3.ClH/c1-19-7-8-20-10-15(18)17-14-4-2-3-11-9-12(16)5-6-13(11)14;/h5-6,9,14H,2-4,7-8,10,16H2,1H3,(H,17,18);1H. The molecule has 21 heavy (non-hydrogen) atoms. The maximum absolute atomic E-state index is 11.8. The number of fused-ring (bicyclic) bond motifs is 1. The summed E-state index contributed by atoms with van der Waals surface area (Å²) in [7, 11) is 1.61. The van der Waals surface area contributed by atoms with Gasteiger partial charge in [-0.25, -0.2) is 0 Å². The van der Waals surface area contributed by atoms with Gasteiger partial charge in [0.1, 0.15) is 6.61 Å². The molecule has 0 saturated heterocycles. The number of carbonyl (C=O) groups excluding carboxylic acids is 1. The molecule has 118 valence electrons. The molecule has 2 rings (SSSR count). The van der Waals surface area contributed by atoms with Crippen LogP contribution in [0.3, 0.4) is 0 Å². The lowest BCUT2D eigenvalue weighted by Gasteiger charge is -2.26. The quantitative estimate of drug-likeness (QED) is 0.621. The van der Waals surface area contributed by atoms with E-state index in [-0.39, 0.29) is 31.0 Å². The number of nitrogens with two attached hydrogens (primary N) is 1. The van der Waals surface area contributed by atoms with E-state index in [9.17, 15) is 4.79 Å². The molecule has 6 heteroatoms. The normalized spacial score (nSPS) is 16.7.